The molecule has 4 unspecified atom stereocenters. The highest BCUT2D eigenvalue weighted by Gasteiger charge is 2.53. The van der Waals surface area contributed by atoms with Gasteiger partial charge >= 0.3 is 0 Å². The molecule has 0 spiro atoms. The molecule has 0 aliphatic heterocycles. The van der Waals surface area contributed by atoms with Crippen LogP contribution in [0.3, 0.4) is 0 Å². The van der Waals surface area contributed by atoms with Gasteiger partial charge in [-0.1, -0.05) is 33.1 Å². The zero-order valence-corrected chi connectivity index (χ0v) is 20.0. The summed E-state index contributed by atoms with van der Waals surface area (Å²) in [7, 11) is -3.43. The Morgan fingerprint density at radius 2 is 1.80 bits per heavy atom. The van der Waals surface area contributed by atoms with Crippen molar-refractivity contribution in [3.05, 3.63) is 17.0 Å². The van der Waals surface area contributed by atoms with Gasteiger partial charge in [-0.3, -0.25) is 0 Å². The zero-order valence-electron chi connectivity index (χ0n) is 17.2. The molecule has 0 saturated heterocycles. The molecule has 0 amide bonds. The monoisotopic (exact) mass is 394 g/mol. The molecule has 1 aromatic rings. The summed E-state index contributed by atoms with van der Waals surface area (Å²) in [5, 5.41) is 0. The average Bonchev–Trinajstić information content (AvgIpc) is 3.21. The summed E-state index contributed by atoms with van der Waals surface area (Å²) in [4.78, 5) is 1.55. The molecule has 2 saturated carbocycles. The fraction of sp³-hybridized carbons (Fsp3) is 0.810. The molecule has 1 aromatic heterocycles. The molecular weight excluding hydrogens is 356 g/mol. The molecule has 2 aliphatic rings. The van der Waals surface area contributed by atoms with Crippen LogP contribution in [0.4, 0.5) is 0 Å². The van der Waals surface area contributed by atoms with Crippen molar-refractivity contribution in [1.29, 1.82) is 0 Å². The van der Waals surface area contributed by atoms with Crippen LogP contribution in [0.25, 0.3) is 0 Å². The maximum Gasteiger partial charge on any atom is 0.216 e. The van der Waals surface area contributed by atoms with Crippen molar-refractivity contribution in [3.8, 4) is 0 Å². The summed E-state index contributed by atoms with van der Waals surface area (Å²) in [5.74, 6) is 3.01. The SMILES string of the molecule is CCCc1ccc([Si](C)(C)O[Si](C)(C)C2CC3CC(CCC)C2C3)s1. The molecule has 0 N–H and O–H groups in total. The van der Waals surface area contributed by atoms with Crippen molar-refractivity contribution in [1.82, 2.24) is 0 Å². The molecule has 142 valence electrons. The molecule has 1 heterocycles. The fourth-order valence-electron chi connectivity index (χ4n) is 5.86. The van der Waals surface area contributed by atoms with Crippen LogP contribution in [0.2, 0.25) is 31.7 Å². The van der Waals surface area contributed by atoms with E-state index in [0.29, 0.717) is 0 Å². The van der Waals surface area contributed by atoms with Gasteiger partial charge in [0.15, 0.2) is 8.32 Å². The predicted molar refractivity (Wildman–Crippen MR) is 117 cm³/mol. The maximum atomic E-state index is 7.15. The molecule has 3 rings (SSSR count). The van der Waals surface area contributed by atoms with Crippen LogP contribution < -0.4 is 4.50 Å². The Kier molecular flexibility index (Phi) is 6.04. The normalized spacial score (nSPS) is 29.5. The van der Waals surface area contributed by atoms with Gasteiger partial charge in [-0.05, 0) is 87.3 Å². The maximum absolute atomic E-state index is 7.15. The highest BCUT2D eigenvalue weighted by molar-refractivity contribution is 7.26. The lowest BCUT2D eigenvalue weighted by Crippen LogP contribution is -2.54. The van der Waals surface area contributed by atoms with Crippen LogP contribution >= 0.6 is 11.3 Å². The third-order valence-electron chi connectivity index (χ3n) is 6.77. The van der Waals surface area contributed by atoms with Gasteiger partial charge in [0.2, 0.25) is 8.32 Å². The first-order chi connectivity index (χ1) is 11.8. The van der Waals surface area contributed by atoms with Gasteiger partial charge in [0, 0.05) is 9.38 Å². The third-order valence-corrected chi connectivity index (χ3v) is 17.5. The van der Waals surface area contributed by atoms with Gasteiger partial charge in [0.25, 0.3) is 0 Å². The number of hydrogen-bond acceptors (Lipinski definition) is 2. The second kappa shape index (κ2) is 7.61. The Morgan fingerprint density at radius 1 is 1.04 bits per heavy atom. The molecule has 2 fully saturated rings. The number of fused-ring (bicyclic) bond motifs is 2. The van der Waals surface area contributed by atoms with E-state index in [9.17, 15) is 0 Å². The molecule has 1 nitrogen and oxygen atoms in total. The van der Waals surface area contributed by atoms with Crippen LogP contribution in [0.15, 0.2) is 12.1 Å². The molecule has 0 aromatic carbocycles. The fourth-order valence-corrected chi connectivity index (χ4v) is 17.6. The molecule has 2 bridgehead atoms. The van der Waals surface area contributed by atoms with Gasteiger partial charge < -0.3 is 4.12 Å². The molecule has 4 atom stereocenters. The molecule has 4 heteroatoms. The molecule has 25 heavy (non-hydrogen) atoms. The lowest BCUT2D eigenvalue weighted by atomic mass is 9.85. The predicted octanol–water partition coefficient (Wildman–Crippen LogP) is 6.55. The van der Waals surface area contributed by atoms with Crippen LogP contribution in [0, 0.1) is 17.8 Å². The molecule has 0 radical (unpaired) electrons. The van der Waals surface area contributed by atoms with E-state index in [4.69, 9.17) is 4.12 Å². The Balaban J connectivity index is 1.71. The van der Waals surface area contributed by atoms with E-state index in [2.05, 4.69) is 52.2 Å². The van der Waals surface area contributed by atoms with Gasteiger partial charge in [0.05, 0.1) is 0 Å². The van der Waals surface area contributed by atoms with Crippen LogP contribution in [0.1, 0.15) is 57.2 Å². The van der Waals surface area contributed by atoms with E-state index in [1.807, 2.05) is 11.3 Å². The van der Waals surface area contributed by atoms with Gasteiger partial charge in [-0.25, -0.2) is 0 Å². The van der Waals surface area contributed by atoms with Crippen LogP contribution in [0.5, 0.6) is 0 Å². The van der Waals surface area contributed by atoms with E-state index < -0.39 is 16.6 Å². The number of rotatable bonds is 8. The Morgan fingerprint density at radius 3 is 2.44 bits per heavy atom. The van der Waals surface area contributed by atoms with E-state index in [1.54, 1.807) is 9.38 Å². The summed E-state index contributed by atoms with van der Waals surface area (Å²) in [5.41, 5.74) is 0.907. The average molecular weight is 395 g/mol. The Bertz CT molecular complexity index is 580. The Hall–Kier alpha value is 0.0938. The third kappa shape index (κ3) is 4.17. The largest absolute Gasteiger partial charge is 0.452 e. The molecular formula is C21H38OSSi2. The number of aryl methyl sites for hydroxylation is 1. The minimum absolute atomic E-state index is 0.907. The minimum Gasteiger partial charge on any atom is -0.452 e. The van der Waals surface area contributed by atoms with Crippen LogP contribution in [-0.4, -0.2) is 16.6 Å². The van der Waals surface area contributed by atoms with E-state index in [-0.39, 0.29) is 0 Å². The smallest absolute Gasteiger partial charge is 0.216 e. The van der Waals surface area contributed by atoms with Crippen molar-refractivity contribution >= 4 is 32.5 Å². The second-order valence-electron chi connectivity index (χ2n) is 9.62. The van der Waals surface area contributed by atoms with Gasteiger partial charge in [-0.15, -0.1) is 11.3 Å². The van der Waals surface area contributed by atoms with Crippen molar-refractivity contribution in [3.63, 3.8) is 0 Å². The second-order valence-corrected chi connectivity index (χ2v) is 19.5. The highest BCUT2D eigenvalue weighted by Crippen LogP contribution is 2.59. The summed E-state index contributed by atoms with van der Waals surface area (Å²) < 4.78 is 8.71. The molecule has 2 aliphatic carbocycles. The van der Waals surface area contributed by atoms with E-state index in [0.717, 1.165) is 23.3 Å². The van der Waals surface area contributed by atoms with Crippen molar-refractivity contribution in [2.75, 3.05) is 0 Å². The van der Waals surface area contributed by atoms with Gasteiger partial charge in [-0.2, -0.15) is 0 Å². The summed E-state index contributed by atoms with van der Waals surface area (Å²) in [6, 6.07) is 4.73. The first-order valence-corrected chi connectivity index (χ1v) is 17.3. The zero-order chi connectivity index (χ0) is 18.2. The van der Waals surface area contributed by atoms with E-state index >= 15 is 0 Å². The van der Waals surface area contributed by atoms with Crippen molar-refractivity contribution < 1.29 is 4.12 Å². The van der Waals surface area contributed by atoms with Gasteiger partial charge in [0.1, 0.15) is 0 Å². The van der Waals surface area contributed by atoms with E-state index in [1.165, 1.54) is 44.9 Å². The standard InChI is InChI=1S/C21H38OSSi2/c1-7-9-17-13-16-14-19(17)20(15-16)24(3,4)22-25(5,6)21-12-11-18(23-21)10-8-2/h11-12,16-17,19-20H,7-10,13-15H2,1-6H3. The highest BCUT2D eigenvalue weighted by atomic mass is 32.1. The minimum atomic E-state index is -1.78. The summed E-state index contributed by atoms with van der Waals surface area (Å²) in [6.07, 6.45) is 9.78. The quantitative estimate of drug-likeness (QED) is 0.454. The first-order valence-electron chi connectivity index (χ1n) is 10.6. The van der Waals surface area contributed by atoms with Crippen molar-refractivity contribution in [2.24, 2.45) is 17.8 Å². The summed E-state index contributed by atoms with van der Waals surface area (Å²) >= 11 is 2.03. The topological polar surface area (TPSA) is 9.23 Å². The number of hydrogen-bond donors (Lipinski definition) is 0. The number of thiophene rings is 1. The lowest BCUT2D eigenvalue weighted by molar-refractivity contribution is 0.294. The van der Waals surface area contributed by atoms with Crippen molar-refractivity contribution in [2.45, 2.75) is 90.5 Å². The lowest BCUT2D eigenvalue weighted by Gasteiger charge is -2.42. The summed E-state index contributed by atoms with van der Waals surface area (Å²) in [6.45, 7) is 14.6. The first kappa shape index (κ1) is 19.8. The Labute approximate surface area is 161 Å². The van der Waals surface area contributed by atoms with Crippen LogP contribution in [-0.2, 0) is 10.5 Å².